The highest BCUT2D eigenvalue weighted by atomic mass is 32.2. The van der Waals surface area contributed by atoms with Gasteiger partial charge in [0.05, 0.1) is 18.3 Å². The first kappa shape index (κ1) is 10.1. The number of fused-ring (bicyclic) bond motifs is 5. The van der Waals surface area contributed by atoms with Gasteiger partial charge in [0.2, 0.25) is 10.0 Å². The molecule has 1 saturated heterocycles. The van der Waals surface area contributed by atoms with E-state index in [0.717, 1.165) is 24.0 Å². The average Bonchev–Trinajstić information content (AvgIpc) is 2.72. The lowest BCUT2D eigenvalue weighted by atomic mass is 9.91. The van der Waals surface area contributed by atoms with Crippen LogP contribution in [0.3, 0.4) is 0 Å². The van der Waals surface area contributed by atoms with E-state index in [0.29, 0.717) is 5.69 Å². The molecule has 1 fully saturated rings. The summed E-state index contributed by atoms with van der Waals surface area (Å²) in [6.45, 7) is 0. The molecule has 86 valence electrons. The Balaban J connectivity index is 2.17. The van der Waals surface area contributed by atoms with Crippen molar-refractivity contribution in [2.24, 2.45) is 0 Å². The summed E-state index contributed by atoms with van der Waals surface area (Å²) in [5.41, 5.74) is 8.69. The highest BCUT2D eigenvalue weighted by Gasteiger charge is 2.48. The molecule has 2 bridgehead atoms. The fraction of sp³-hybridized carbons (Fsp3) is 0.455. The van der Waals surface area contributed by atoms with Crippen LogP contribution in [0.4, 0.5) is 5.69 Å². The Morgan fingerprint density at radius 3 is 2.50 bits per heavy atom. The normalized spacial score (nSPS) is 28.3. The molecule has 0 spiro atoms. The van der Waals surface area contributed by atoms with E-state index in [-0.39, 0.29) is 12.1 Å². The smallest absolute Gasteiger partial charge is 0.212 e. The van der Waals surface area contributed by atoms with Gasteiger partial charge in [-0.2, -0.15) is 4.31 Å². The van der Waals surface area contributed by atoms with Crippen LogP contribution < -0.4 is 5.73 Å². The fourth-order valence-corrected chi connectivity index (χ4v) is 4.38. The topological polar surface area (TPSA) is 63.4 Å². The molecule has 3 rings (SSSR count). The molecular formula is C11H14N2O2S. The molecule has 0 radical (unpaired) electrons. The summed E-state index contributed by atoms with van der Waals surface area (Å²) in [4.78, 5) is 0. The van der Waals surface area contributed by atoms with E-state index >= 15 is 0 Å². The van der Waals surface area contributed by atoms with Crippen LogP contribution >= 0.6 is 0 Å². The van der Waals surface area contributed by atoms with Crippen molar-refractivity contribution in [3.05, 3.63) is 29.3 Å². The Kier molecular flexibility index (Phi) is 1.89. The maximum absolute atomic E-state index is 11.7. The van der Waals surface area contributed by atoms with Crippen LogP contribution in [-0.4, -0.2) is 19.0 Å². The molecule has 0 amide bonds. The second-order valence-electron chi connectivity index (χ2n) is 4.59. The second-order valence-corrected chi connectivity index (χ2v) is 6.48. The van der Waals surface area contributed by atoms with E-state index in [1.54, 1.807) is 4.31 Å². The number of hydrogen-bond donors (Lipinski definition) is 1. The monoisotopic (exact) mass is 238 g/mol. The zero-order valence-electron chi connectivity index (χ0n) is 9.05. The van der Waals surface area contributed by atoms with Gasteiger partial charge in [0, 0.05) is 5.69 Å². The quantitative estimate of drug-likeness (QED) is 0.753. The van der Waals surface area contributed by atoms with E-state index in [1.807, 2.05) is 18.2 Å². The third-order valence-corrected chi connectivity index (χ3v) is 4.81. The standard InChI is InChI=1S/C11H14N2O2S/c1-16(14,15)13-10-4-5-11(13)9-6-7(12)2-3-8(9)10/h2-3,6,10-11H,4-5,12H2,1H3. The van der Waals surface area contributed by atoms with Gasteiger partial charge in [-0.25, -0.2) is 8.42 Å². The van der Waals surface area contributed by atoms with E-state index in [4.69, 9.17) is 5.73 Å². The third-order valence-electron chi connectivity index (χ3n) is 3.54. The molecule has 16 heavy (non-hydrogen) atoms. The highest BCUT2D eigenvalue weighted by molar-refractivity contribution is 7.88. The Hall–Kier alpha value is -1.07. The van der Waals surface area contributed by atoms with Crippen molar-refractivity contribution in [1.29, 1.82) is 0 Å². The summed E-state index contributed by atoms with van der Waals surface area (Å²) in [5.74, 6) is 0. The molecule has 2 atom stereocenters. The molecule has 4 nitrogen and oxygen atoms in total. The maximum Gasteiger partial charge on any atom is 0.212 e. The lowest BCUT2D eigenvalue weighted by Crippen LogP contribution is -2.26. The number of nitrogens with two attached hydrogens (primary N) is 1. The van der Waals surface area contributed by atoms with Crippen molar-refractivity contribution in [3.63, 3.8) is 0 Å². The number of anilines is 1. The predicted octanol–water partition coefficient (Wildman–Crippen LogP) is 1.42. The van der Waals surface area contributed by atoms with Gasteiger partial charge in [0.25, 0.3) is 0 Å². The summed E-state index contributed by atoms with van der Waals surface area (Å²) in [7, 11) is -3.13. The Morgan fingerprint density at radius 2 is 1.88 bits per heavy atom. The summed E-state index contributed by atoms with van der Waals surface area (Å²) in [5, 5.41) is 0. The van der Waals surface area contributed by atoms with E-state index < -0.39 is 10.0 Å². The Labute approximate surface area is 95.1 Å². The number of hydrogen-bond acceptors (Lipinski definition) is 3. The van der Waals surface area contributed by atoms with Crippen LogP contribution in [0.2, 0.25) is 0 Å². The number of nitrogens with zero attached hydrogens (tertiary/aromatic N) is 1. The molecule has 2 heterocycles. The molecule has 0 aliphatic carbocycles. The molecule has 1 aromatic rings. The fourth-order valence-electron chi connectivity index (χ4n) is 3.02. The first-order valence-corrected chi connectivity index (χ1v) is 7.21. The zero-order valence-corrected chi connectivity index (χ0v) is 9.87. The van der Waals surface area contributed by atoms with Gasteiger partial charge < -0.3 is 5.73 Å². The van der Waals surface area contributed by atoms with Crippen LogP contribution in [0.25, 0.3) is 0 Å². The van der Waals surface area contributed by atoms with Crippen LogP contribution in [0, 0.1) is 0 Å². The predicted molar refractivity (Wildman–Crippen MR) is 62.3 cm³/mol. The molecule has 2 aliphatic rings. The molecule has 2 aliphatic heterocycles. The van der Waals surface area contributed by atoms with Crippen LogP contribution in [0.1, 0.15) is 36.1 Å². The SMILES string of the molecule is CS(=O)(=O)N1C2CCC1c1cc(N)ccc12. The minimum absolute atomic E-state index is 0.0125. The van der Waals surface area contributed by atoms with Crippen molar-refractivity contribution in [2.45, 2.75) is 24.9 Å². The van der Waals surface area contributed by atoms with Crippen LogP contribution in [-0.2, 0) is 10.0 Å². The van der Waals surface area contributed by atoms with Crippen LogP contribution in [0.5, 0.6) is 0 Å². The molecule has 5 heteroatoms. The third kappa shape index (κ3) is 1.21. The van der Waals surface area contributed by atoms with Crippen molar-refractivity contribution < 1.29 is 8.42 Å². The van der Waals surface area contributed by atoms with Crippen molar-refractivity contribution in [1.82, 2.24) is 4.31 Å². The van der Waals surface area contributed by atoms with E-state index in [9.17, 15) is 8.42 Å². The molecule has 2 N–H and O–H groups in total. The molecule has 2 unspecified atom stereocenters. The van der Waals surface area contributed by atoms with Crippen LogP contribution in [0.15, 0.2) is 18.2 Å². The molecule has 1 aromatic carbocycles. The van der Waals surface area contributed by atoms with Gasteiger partial charge in [-0.1, -0.05) is 6.07 Å². The lowest BCUT2D eigenvalue weighted by molar-refractivity contribution is 0.369. The molecule has 0 aromatic heterocycles. The first-order chi connectivity index (χ1) is 7.48. The minimum atomic E-state index is -3.13. The summed E-state index contributed by atoms with van der Waals surface area (Å²) >= 11 is 0. The molecular weight excluding hydrogens is 224 g/mol. The second kappa shape index (κ2) is 2.99. The lowest BCUT2D eigenvalue weighted by Gasteiger charge is -2.18. The van der Waals surface area contributed by atoms with Crippen molar-refractivity contribution >= 4 is 15.7 Å². The van der Waals surface area contributed by atoms with Crippen molar-refractivity contribution in [3.8, 4) is 0 Å². The number of benzene rings is 1. The van der Waals surface area contributed by atoms with Gasteiger partial charge in [-0.3, -0.25) is 0 Å². The first-order valence-electron chi connectivity index (χ1n) is 5.36. The number of nitrogen functional groups attached to an aromatic ring is 1. The van der Waals surface area contributed by atoms with E-state index in [1.165, 1.54) is 6.26 Å². The Bertz CT molecular complexity index is 553. The highest BCUT2D eigenvalue weighted by Crippen LogP contribution is 2.54. The maximum atomic E-state index is 11.7. The summed E-state index contributed by atoms with van der Waals surface area (Å²) in [6.07, 6.45) is 3.12. The summed E-state index contributed by atoms with van der Waals surface area (Å²) in [6, 6.07) is 5.78. The largest absolute Gasteiger partial charge is 0.399 e. The zero-order chi connectivity index (χ0) is 11.5. The van der Waals surface area contributed by atoms with Gasteiger partial charge >= 0.3 is 0 Å². The minimum Gasteiger partial charge on any atom is -0.399 e. The Morgan fingerprint density at radius 1 is 1.25 bits per heavy atom. The summed E-state index contributed by atoms with van der Waals surface area (Å²) < 4.78 is 25.1. The van der Waals surface area contributed by atoms with Crippen molar-refractivity contribution in [2.75, 3.05) is 12.0 Å². The van der Waals surface area contributed by atoms with E-state index in [2.05, 4.69) is 0 Å². The van der Waals surface area contributed by atoms with Gasteiger partial charge in [-0.15, -0.1) is 0 Å². The van der Waals surface area contributed by atoms with Gasteiger partial charge in [0.1, 0.15) is 0 Å². The molecule has 0 saturated carbocycles. The van der Waals surface area contributed by atoms with Gasteiger partial charge in [-0.05, 0) is 36.1 Å². The number of rotatable bonds is 1. The average molecular weight is 238 g/mol. The number of sulfonamides is 1. The van der Waals surface area contributed by atoms with Gasteiger partial charge in [0.15, 0.2) is 0 Å².